The summed E-state index contributed by atoms with van der Waals surface area (Å²) in [6.45, 7) is 6.83. The number of hydrogen-bond acceptors (Lipinski definition) is 7. The SMILES string of the molecule is CC1(C)CCN=C(N2CCOc3ccc(-c4cnn(CCCCCC(=O)C=CC5CC5)c4)cc32)SCC(=O)N1. The molecule has 1 aliphatic carbocycles. The summed E-state index contributed by atoms with van der Waals surface area (Å²) >= 11 is 1.48. The fourth-order valence-corrected chi connectivity index (χ4v) is 5.70. The van der Waals surface area contributed by atoms with Gasteiger partial charge < -0.3 is 15.0 Å². The number of ketones is 1. The Hall–Kier alpha value is -3.07. The summed E-state index contributed by atoms with van der Waals surface area (Å²) in [5.74, 6) is 2.11. The van der Waals surface area contributed by atoms with Gasteiger partial charge in [-0.3, -0.25) is 19.3 Å². The van der Waals surface area contributed by atoms with E-state index in [9.17, 15) is 9.59 Å². The van der Waals surface area contributed by atoms with Crippen LogP contribution in [-0.4, -0.2) is 57.6 Å². The number of carbonyl (C=O) groups is 2. The Morgan fingerprint density at radius 2 is 2.10 bits per heavy atom. The predicted octanol–water partition coefficient (Wildman–Crippen LogP) is 5.23. The molecule has 5 rings (SSSR count). The first kappa shape index (κ1) is 27.5. The molecule has 3 aliphatic rings. The smallest absolute Gasteiger partial charge is 0.230 e. The maximum atomic E-state index is 12.5. The lowest BCUT2D eigenvalue weighted by molar-refractivity contribution is -0.120. The molecule has 2 aromatic rings. The summed E-state index contributed by atoms with van der Waals surface area (Å²) in [6.07, 6.45) is 14.7. The highest BCUT2D eigenvalue weighted by Crippen LogP contribution is 2.37. The van der Waals surface area contributed by atoms with Crippen molar-refractivity contribution in [2.24, 2.45) is 10.9 Å². The fraction of sp³-hybridized carbons (Fsp3) is 0.533. The monoisotopic (exact) mass is 549 g/mol. The number of anilines is 1. The van der Waals surface area contributed by atoms with E-state index < -0.39 is 0 Å². The van der Waals surface area contributed by atoms with Crippen molar-refractivity contribution in [2.75, 3.05) is 30.3 Å². The average Bonchev–Trinajstić information content (AvgIpc) is 3.62. The summed E-state index contributed by atoms with van der Waals surface area (Å²) in [5.41, 5.74) is 2.82. The summed E-state index contributed by atoms with van der Waals surface area (Å²) in [5, 5.41) is 8.55. The van der Waals surface area contributed by atoms with Crippen LogP contribution in [0.15, 0.2) is 47.7 Å². The molecule has 0 saturated heterocycles. The number of fused-ring (bicyclic) bond motifs is 1. The lowest BCUT2D eigenvalue weighted by Crippen LogP contribution is -2.44. The van der Waals surface area contributed by atoms with Crippen LogP contribution in [0.1, 0.15) is 58.8 Å². The Kier molecular flexibility index (Phi) is 8.75. The zero-order chi connectivity index (χ0) is 27.2. The van der Waals surface area contributed by atoms with Crippen molar-refractivity contribution in [2.45, 2.75) is 70.9 Å². The van der Waals surface area contributed by atoms with Crippen molar-refractivity contribution < 1.29 is 14.3 Å². The van der Waals surface area contributed by atoms with Gasteiger partial charge in [-0.05, 0) is 75.6 Å². The Labute approximate surface area is 235 Å². The zero-order valence-electron chi connectivity index (χ0n) is 23.0. The standard InChI is InChI=1S/C30H39N5O3S/c1-30(2)13-14-31-29(39-21-28(37)33-30)35-16-17-38-27-12-10-23(18-26(27)35)24-19-32-34(20-24)15-5-3-4-6-25(36)11-9-22-7-8-22/h9-12,18-20,22H,3-8,13-17,21H2,1-2H3,(H,33,37). The molecule has 2 aliphatic heterocycles. The maximum absolute atomic E-state index is 12.5. The van der Waals surface area contributed by atoms with E-state index in [0.29, 0.717) is 37.8 Å². The number of nitrogens with zero attached hydrogens (tertiary/aromatic N) is 4. The van der Waals surface area contributed by atoms with Gasteiger partial charge in [0.05, 0.1) is 24.2 Å². The molecule has 0 unspecified atom stereocenters. The average molecular weight is 550 g/mol. The molecule has 0 atom stereocenters. The molecular formula is C30H39N5O3S. The number of thioether (sulfide) groups is 1. The van der Waals surface area contributed by atoms with E-state index in [1.54, 1.807) is 6.08 Å². The molecule has 1 aromatic heterocycles. The third-order valence-electron chi connectivity index (χ3n) is 7.30. The maximum Gasteiger partial charge on any atom is 0.230 e. The number of unbranched alkanes of at least 4 members (excludes halogenated alkanes) is 2. The van der Waals surface area contributed by atoms with E-state index in [1.165, 1.54) is 24.6 Å². The molecule has 9 heteroatoms. The van der Waals surface area contributed by atoms with E-state index in [2.05, 4.69) is 39.7 Å². The molecule has 0 radical (unpaired) electrons. The number of ether oxygens (including phenoxy) is 1. The second kappa shape index (κ2) is 12.4. The van der Waals surface area contributed by atoms with Crippen LogP contribution in [0.3, 0.4) is 0 Å². The normalized spacial score (nSPS) is 19.4. The highest BCUT2D eigenvalue weighted by molar-refractivity contribution is 8.14. The molecule has 1 fully saturated rings. The first-order valence-corrected chi connectivity index (χ1v) is 15.1. The third-order valence-corrected chi connectivity index (χ3v) is 8.31. The van der Waals surface area contributed by atoms with Crippen LogP contribution < -0.4 is 15.0 Å². The number of rotatable bonds is 9. The minimum Gasteiger partial charge on any atom is -0.490 e. The van der Waals surface area contributed by atoms with Gasteiger partial charge in [-0.2, -0.15) is 5.10 Å². The number of benzene rings is 1. The van der Waals surface area contributed by atoms with Crippen LogP contribution in [0.25, 0.3) is 11.1 Å². The Bertz CT molecular complexity index is 1250. The number of allylic oxidation sites excluding steroid dienone is 2. The van der Waals surface area contributed by atoms with Gasteiger partial charge in [0.15, 0.2) is 11.0 Å². The van der Waals surface area contributed by atoms with Gasteiger partial charge in [0.25, 0.3) is 0 Å². The van der Waals surface area contributed by atoms with Crippen molar-refractivity contribution >= 4 is 34.3 Å². The molecule has 3 heterocycles. The van der Waals surface area contributed by atoms with Gasteiger partial charge in [0.1, 0.15) is 12.4 Å². The van der Waals surface area contributed by atoms with Crippen molar-refractivity contribution in [3.63, 3.8) is 0 Å². The quantitative estimate of drug-likeness (QED) is 0.340. The molecule has 0 spiro atoms. The molecule has 1 saturated carbocycles. The fourth-order valence-electron chi connectivity index (χ4n) is 4.84. The lowest BCUT2D eigenvalue weighted by atomic mass is 10.0. The first-order valence-electron chi connectivity index (χ1n) is 14.1. The molecule has 1 amide bonds. The summed E-state index contributed by atoms with van der Waals surface area (Å²) in [6, 6.07) is 6.22. The van der Waals surface area contributed by atoms with E-state index in [0.717, 1.165) is 60.0 Å². The molecule has 1 aromatic carbocycles. The predicted molar refractivity (Wildman–Crippen MR) is 157 cm³/mol. The number of nitrogens with one attached hydrogen (secondary N) is 1. The summed E-state index contributed by atoms with van der Waals surface area (Å²) in [4.78, 5) is 31.5. The summed E-state index contributed by atoms with van der Waals surface area (Å²) < 4.78 is 7.95. The number of aryl methyl sites for hydroxylation is 1. The van der Waals surface area contributed by atoms with Crippen LogP contribution >= 0.6 is 11.8 Å². The second-order valence-electron chi connectivity index (χ2n) is 11.3. The van der Waals surface area contributed by atoms with Gasteiger partial charge in [0, 0.05) is 36.8 Å². The molecule has 0 bridgehead atoms. The molecule has 1 N–H and O–H groups in total. The highest BCUT2D eigenvalue weighted by atomic mass is 32.2. The van der Waals surface area contributed by atoms with Crippen LogP contribution in [0.2, 0.25) is 0 Å². The number of hydrogen-bond donors (Lipinski definition) is 1. The van der Waals surface area contributed by atoms with Crippen molar-refractivity contribution in [1.29, 1.82) is 0 Å². The Morgan fingerprint density at radius 1 is 1.23 bits per heavy atom. The zero-order valence-corrected chi connectivity index (χ0v) is 23.8. The minimum absolute atomic E-state index is 0.0336. The van der Waals surface area contributed by atoms with Crippen molar-refractivity contribution in [3.8, 4) is 16.9 Å². The largest absolute Gasteiger partial charge is 0.490 e. The number of aliphatic imine (C=N–C) groups is 1. The molecular weight excluding hydrogens is 510 g/mol. The molecule has 39 heavy (non-hydrogen) atoms. The number of aromatic nitrogens is 2. The van der Waals surface area contributed by atoms with Crippen LogP contribution in [0, 0.1) is 5.92 Å². The van der Waals surface area contributed by atoms with Gasteiger partial charge in [0.2, 0.25) is 5.91 Å². The highest BCUT2D eigenvalue weighted by Gasteiger charge is 2.27. The first-order chi connectivity index (χ1) is 18.9. The Morgan fingerprint density at radius 3 is 2.95 bits per heavy atom. The number of amides is 1. The molecule has 208 valence electrons. The van der Waals surface area contributed by atoms with Gasteiger partial charge in [-0.1, -0.05) is 30.3 Å². The Balaban J connectivity index is 1.20. The number of amidine groups is 1. The summed E-state index contributed by atoms with van der Waals surface area (Å²) in [7, 11) is 0. The minimum atomic E-state index is -0.267. The van der Waals surface area contributed by atoms with E-state index in [1.807, 2.05) is 30.8 Å². The van der Waals surface area contributed by atoms with Gasteiger partial charge >= 0.3 is 0 Å². The van der Waals surface area contributed by atoms with Gasteiger partial charge in [-0.15, -0.1) is 0 Å². The van der Waals surface area contributed by atoms with Crippen molar-refractivity contribution in [3.05, 3.63) is 42.7 Å². The third kappa shape index (κ3) is 7.75. The van der Waals surface area contributed by atoms with Gasteiger partial charge in [-0.25, -0.2) is 0 Å². The van der Waals surface area contributed by atoms with E-state index in [-0.39, 0.29) is 17.2 Å². The van der Waals surface area contributed by atoms with Crippen molar-refractivity contribution in [1.82, 2.24) is 15.1 Å². The topological polar surface area (TPSA) is 88.8 Å². The van der Waals surface area contributed by atoms with E-state index in [4.69, 9.17) is 9.73 Å². The van der Waals surface area contributed by atoms with Crippen LogP contribution in [0.4, 0.5) is 5.69 Å². The van der Waals surface area contributed by atoms with Crippen LogP contribution in [0.5, 0.6) is 5.75 Å². The lowest BCUT2D eigenvalue weighted by Gasteiger charge is -2.32. The molecule has 8 nitrogen and oxygen atoms in total. The van der Waals surface area contributed by atoms with Crippen LogP contribution in [-0.2, 0) is 16.1 Å². The van der Waals surface area contributed by atoms with E-state index >= 15 is 0 Å². The number of carbonyl (C=O) groups excluding carboxylic acids is 2. The second-order valence-corrected chi connectivity index (χ2v) is 12.2.